The van der Waals surface area contributed by atoms with E-state index in [0.717, 1.165) is 5.56 Å². The van der Waals surface area contributed by atoms with Crippen LogP contribution in [0.25, 0.3) is 11.0 Å². The minimum Gasteiger partial charge on any atom is -0.459 e. The summed E-state index contributed by atoms with van der Waals surface area (Å²) in [5.41, 5.74) is 0.586. The van der Waals surface area contributed by atoms with Crippen molar-refractivity contribution < 1.29 is 13.9 Å². The molecule has 0 bridgehead atoms. The van der Waals surface area contributed by atoms with Crippen molar-refractivity contribution in [1.82, 2.24) is 9.97 Å². The van der Waals surface area contributed by atoms with Gasteiger partial charge in [0.15, 0.2) is 0 Å². The summed E-state index contributed by atoms with van der Waals surface area (Å²) in [6, 6.07) is 9.24. The number of fused-ring (bicyclic) bond motifs is 1. The number of hydrogen-bond donors (Lipinski definition) is 1. The maximum atomic E-state index is 13.1. The van der Waals surface area contributed by atoms with Crippen molar-refractivity contribution in [3.05, 3.63) is 74.4 Å². The number of halogens is 2. The molecule has 2 heterocycles. The maximum absolute atomic E-state index is 13.1. The van der Waals surface area contributed by atoms with Gasteiger partial charge in [-0.1, -0.05) is 22.0 Å². The van der Waals surface area contributed by atoms with Crippen molar-refractivity contribution in [2.24, 2.45) is 0 Å². The molecule has 0 saturated heterocycles. The van der Waals surface area contributed by atoms with Crippen LogP contribution in [0.2, 0.25) is 0 Å². The summed E-state index contributed by atoms with van der Waals surface area (Å²) in [7, 11) is 0. The fraction of sp³-hybridized carbons (Fsp3) is 0.167. The van der Waals surface area contributed by atoms with Crippen molar-refractivity contribution in [3.63, 3.8) is 0 Å². The molecular formula is C18H14BrFN2O3. The predicted molar refractivity (Wildman–Crippen MR) is 95.0 cm³/mol. The Hall–Kier alpha value is -2.54. The lowest BCUT2D eigenvalue weighted by Gasteiger charge is -2.14. The molecule has 25 heavy (non-hydrogen) atoms. The minimum atomic E-state index is -0.710. The van der Waals surface area contributed by atoms with Crippen LogP contribution >= 0.6 is 15.9 Å². The van der Waals surface area contributed by atoms with E-state index in [1.54, 1.807) is 31.3 Å². The molecule has 3 aromatic rings. The molecule has 0 radical (unpaired) electrons. The third kappa shape index (κ3) is 3.93. The van der Waals surface area contributed by atoms with Gasteiger partial charge in [0.25, 0.3) is 5.56 Å². The zero-order valence-electron chi connectivity index (χ0n) is 13.3. The van der Waals surface area contributed by atoms with Crippen LogP contribution in [0.4, 0.5) is 4.39 Å². The highest BCUT2D eigenvalue weighted by atomic mass is 79.9. The molecule has 0 fully saturated rings. The number of ether oxygens (including phenoxy) is 1. The Labute approximate surface area is 151 Å². The summed E-state index contributed by atoms with van der Waals surface area (Å²) in [6.07, 6.45) is 1.46. The largest absolute Gasteiger partial charge is 0.459 e. The summed E-state index contributed by atoms with van der Waals surface area (Å²) in [4.78, 5) is 31.0. The summed E-state index contributed by atoms with van der Waals surface area (Å²) in [5, 5.41) is 0.642. The van der Waals surface area contributed by atoms with Gasteiger partial charge >= 0.3 is 5.97 Å². The van der Waals surface area contributed by atoms with E-state index < -0.39 is 17.6 Å². The zero-order chi connectivity index (χ0) is 18.0. The van der Waals surface area contributed by atoms with Gasteiger partial charge < -0.3 is 9.72 Å². The first-order valence-electron chi connectivity index (χ1n) is 7.57. The number of carbonyl (C=O) groups is 1. The Kier molecular flexibility index (Phi) is 4.94. The smallest absolute Gasteiger partial charge is 0.344 e. The maximum Gasteiger partial charge on any atom is 0.344 e. The lowest BCUT2D eigenvalue weighted by Crippen LogP contribution is -2.24. The van der Waals surface area contributed by atoms with E-state index >= 15 is 0 Å². The third-order valence-corrected chi connectivity index (χ3v) is 4.40. The van der Waals surface area contributed by atoms with Gasteiger partial charge in [0, 0.05) is 22.5 Å². The van der Waals surface area contributed by atoms with Crippen LogP contribution < -0.4 is 5.56 Å². The summed E-state index contributed by atoms with van der Waals surface area (Å²) in [5.74, 6) is -1.06. The second-order valence-electron chi connectivity index (χ2n) is 5.61. The number of esters is 1. The highest BCUT2D eigenvalue weighted by molar-refractivity contribution is 9.10. The monoisotopic (exact) mass is 404 g/mol. The number of aromatic nitrogens is 2. The van der Waals surface area contributed by atoms with Gasteiger partial charge in [-0.05, 0) is 42.8 Å². The van der Waals surface area contributed by atoms with Gasteiger partial charge in [0.1, 0.15) is 23.1 Å². The average Bonchev–Trinajstić information content (AvgIpc) is 2.56. The van der Waals surface area contributed by atoms with E-state index in [4.69, 9.17) is 4.74 Å². The molecule has 0 saturated carbocycles. The summed E-state index contributed by atoms with van der Waals surface area (Å²) in [6.45, 7) is 1.71. The second kappa shape index (κ2) is 7.14. The molecule has 2 aromatic heterocycles. The lowest BCUT2D eigenvalue weighted by molar-refractivity contribution is 0.0340. The topological polar surface area (TPSA) is 72.0 Å². The molecule has 0 amide bonds. The van der Waals surface area contributed by atoms with Crippen molar-refractivity contribution >= 4 is 32.9 Å². The quantitative estimate of drug-likeness (QED) is 0.674. The highest BCUT2D eigenvalue weighted by Crippen LogP contribution is 2.20. The Morgan fingerprint density at radius 3 is 2.92 bits per heavy atom. The van der Waals surface area contributed by atoms with E-state index in [9.17, 15) is 14.0 Å². The first-order valence-corrected chi connectivity index (χ1v) is 8.36. The minimum absolute atomic E-state index is 0.0782. The number of benzene rings is 1. The van der Waals surface area contributed by atoms with E-state index in [0.29, 0.717) is 21.9 Å². The van der Waals surface area contributed by atoms with Crippen molar-refractivity contribution in [1.29, 1.82) is 0 Å². The van der Waals surface area contributed by atoms with Crippen LogP contribution in [-0.2, 0) is 11.2 Å². The Morgan fingerprint density at radius 2 is 2.16 bits per heavy atom. The third-order valence-electron chi connectivity index (χ3n) is 3.67. The zero-order valence-corrected chi connectivity index (χ0v) is 14.8. The molecule has 5 nitrogen and oxygen atoms in total. The molecule has 1 aromatic carbocycles. The molecule has 1 N–H and O–H groups in total. The van der Waals surface area contributed by atoms with E-state index in [2.05, 4.69) is 25.9 Å². The molecule has 3 rings (SSSR count). The van der Waals surface area contributed by atoms with Gasteiger partial charge in [0.2, 0.25) is 0 Å². The van der Waals surface area contributed by atoms with Crippen LogP contribution in [0.5, 0.6) is 0 Å². The van der Waals surface area contributed by atoms with Gasteiger partial charge in [-0.2, -0.15) is 0 Å². The first-order chi connectivity index (χ1) is 11.9. The number of aromatic amines is 1. The van der Waals surface area contributed by atoms with Gasteiger partial charge in [0.05, 0.1) is 0 Å². The number of pyridine rings is 2. The second-order valence-corrected chi connectivity index (χ2v) is 6.46. The van der Waals surface area contributed by atoms with Crippen molar-refractivity contribution in [3.8, 4) is 0 Å². The highest BCUT2D eigenvalue weighted by Gasteiger charge is 2.18. The van der Waals surface area contributed by atoms with Crippen molar-refractivity contribution in [2.75, 3.05) is 0 Å². The van der Waals surface area contributed by atoms with E-state index in [1.807, 2.05) is 0 Å². The van der Waals surface area contributed by atoms with E-state index in [-0.39, 0.29) is 11.4 Å². The van der Waals surface area contributed by atoms with Crippen LogP contribution in [0, 0.1) is 5.82 Å². The Balaban J connectivity index is 1.77. The Bertz CT molecular complexity index is 1000. The van der Waals surface area contributed by atoms with Crippen LogP contribution in [0.1, 0.15) is 22.8 Å². The number of nitrogens with one attached hydrogen (secondary N) is 1. The molecule has 7 heteroatoms. The first kappa shape index (κ1) is 17.3. The number of hydrogen-bond acceptors (Lipinski definition) is 4. The summed E-state index contributed by atoms with van der Waals surface area (Å²) >= 11 is 3.28. The van der Waals surface area contributed by atoms with Gasteiger partial charge in [-0.15, -0.1) is 0 Å². The van der Waals surface area contributed by atoms with Crippen LogP contribution in [-0.4, -0.2) is 22.0 Å². The number of nitrogens with zero attached hydrogens (tertiary/aromatic N) is 1. The number of H-pyrrole nitrogens is 1. The molecular weight excluding hydrogens is 391 g/mol. The standard InChI is InChI=1S/C18H14BrFN2O3/c1-10(7-11-4-5-13(20)9-15(11)19)25-18(24)14-8-12-3-2-6-21-16(12)22-17(14)23/h2-6,8-10H,7H2,1H3,(H,21,22,23). The molecule has 0 aliphatic heterocycles. The van der Waals surface area contributed by atoms with Crippen LogP contribution in [0.15, 0.2) is 51.9 Å². The molecule has 1 unspecified atom stereocenters. The lowest BCUT2D eigenvalue weighted by atomic mass is 10.1. The molecule has 1 atom stereocenters. The average molecular weight is 405 g/mol. The normalized spacial score (nSPS) is 12.1. The molecule has 0 aliphatic carbocycles. The predicted octanol–water partition coefficient (Wildman–Crippen LogP) is 3.61. The number of rotatable bonds is 4. The number of carbonyl (C=O) groups excluding carboxylic acids is 1. The molecule has 0 aliphatic rings. The van der Waals surface area contributed by atoms with Crippen LogP contribution in [0.3, 0.4) is 0 Å². The van der Waals surface area contributed by atoms with E-state index in [1.165, 1.54) is 18.2 Å². The van der Waals surface area contributed by atoms with Gasteiger partial charge in [-0.25, -0.2) is 14.2 Å². The van der Waals surface area contributed by atoms with Crippen molar-refractivity contribution in [2.45, 2.75) is 19.4 Å². The van der Waals surface area contributed by atoms with Gasteiger partial charge in [-0.3, -0.25) is 4.79 Å². The fourth-order valence-electron chi connectivity index (χ4n) is 2.47. The fourth-order valence-corrected chi connectivity index (χ4v) is 2.98. The molecule has 0 spiro atoms. The summed E-state index contributed by atoms with van der Waals surface area (Å²) < 4.78 is 19.1. The Morgan fingerprint density at radius 1 is 1.36 bits per heavy atom. The SMILES string of the molecule is CC(Cc1ccc(F)cc1Br)OC(=O)c1cc2cccnc2[nH]c1=O. The molecule has 128 valence electrons.